The van der Waals surface area contributed by atoms with Crippen molar-refractivity contribution in [2.75, 3.05) is 27.4 Å². The number of esters is 2. The van der Waals surface area contributed by atoms with Gasteiger partial charge in [-0.15, -0.1) is 0 Å². The van der Waals surface area contributed by atoms with Crippen LogP contribution in [0.5, 0.6) is 0 Å². The molecule has 4 unspecified atom stereocenters. The van der Waals surface area contributed by atoms with Crippen molar-refractivity contribution < 1.29 is 28.5 Å². The molecule has 7 heteroatoms. The van der Waals surface area contributed by atoms with E-state index < -0.39 is 23.6 Å². The van der Waals surface area contributed by atoms with Gasteiger partial charge >= 0.3 is 11.9 Å². The molecule has 23 heavy (non-hydrogen) atoms. The van der Waals surface area contributed by atoms with Gasteiger partial charge in [0.25, 0.3) is 0 Å². The Bertz CT molecular complexity index is 633. The van der Waals surface area contributed by atoms with E-state index in [9.17, 15) is 9.59 Å². The molecule has 7 aliphatic rings. The first kappa shape index (κ1) is 13.6. The van der Waals surface area contributed by atoms with Gasteiger partial charge in [0.05, 0.1) is 31.8 Å². The van der Waals surface area contributed by atoms with Crippen LogP contribution in [0.1, 0.15) is 0 Å². The van der Waals surface area contributed by atoms with Gasteiger partial charge in [-0.25, -0.2) is 0 Å². The van der Waals surface area contributed by atoms with Gasteiger partial charge in [-0.2, -0.15) is 0 Å². The molecule has 0 aromatic rings. The molecule has 0 radical (unpaired) electrons. The topological polar surface area (TPSA) is 71.1 Å². The fourth-order valence-corrected chi connectivity index (χ4v) is 9.65. The number of carbonyl (C=O) groups excluding carboxylic acids is 2. The highest BCUT2D eigenvalue weighted by atomic mass is 79.9. The quantitative estimate of drug-likeness (QED) is 0.402. The lowest BCUT2D eigenvalue weighted by molar-refractivity contribution is -0.450. The predicted molar refractivity (Wildman–Crippen MR) is 77.2 cm³/mol. The molecule has 7 rings (SSSR count). The number of methoxy groups -OCH3 is 2. The number of ether oxygens (including phenoxy) is 4. The van der Waals surface area contributed by atoms with E-state index in [1.54, 1.807) is 0 Å². The largest absolute Gasteiger partial charge is 0.468 e. The van der Waals surface area contributed by atoms with Crippen LogP contribution in [-0.2, 0) is 28.5 Å². The summed E-state index contributed by atoms with van der Waals surface area (Å²) in [7, 11) is 2.67. The van der Waals surface area contributed by atoms with E-state index in [1.165, 1.54) is 14.2 Å². The second-order valence-electron chi connectivity index (χ2n) is 7.77. The molecule has 6 saturated carbocycles. The maximum Gasteiger partial charge on any atom is 0.320 e. The highest BCUT2D eigenvalue weighted by Gasteiger charge is 3.10. The summed E-state index contributed by atoms with van der Waals surface area (Å²) in [6.45, 7) is 1.25. The van der Waals surface area contributed by atoms with Crippen molar-refractivity contribution >= 4 is 27.9 Å². The van der Waals surface area contributed by atoms with Crippen molar-refractivity contribution in [1.29, 1.82) is 0 Å². The molecule has 0 aromatic heterocycles. The molecule has 1 spiro atoms. The molecule has 4 atom stereocenters. The summed E-state index contributed by atoms with van der Waals surface area (Å²) in [5.74, 6) is -0.0945. The average molecular weight is 385 g/mol. The predicted octanol–water partition coefficient (Wildman–Crippen LogP) is 0.577. The molecule has 0 aromatic carbocycles. The van der Waals surface area contributed by atoms with Crippen LogP contribution in [0.4, 0.5) is 0 Å². The molecule has 124 valence electrons. The monoisotopic (exact) mass is 384 g/mol. The minimum absolute atomic E-state index is 0.111. The Morgan fingerprint density at radius 2 is 1.43 bits per heavy atom. The lowest BCUT2D eigenvalue weighted by atomic mass is 9.11. The standard InChI is InChI=1S/C16H17BrO6/c1-20-12(18)11(13(19)21-2)14-5-8-6(14)10-7(14)9(5)15(8,17)16(10)22-3-4-23-16/h5-11H,3-4H2,1-2H3. The smallest absolute Gasteiger partial charge is 0.320 e. The van der Waals surface area contributed by atoms with Crippen LogP contribution in [0, 0.1) is 46.8 Å². The Morgan fingerprint density at radius 3 is 1.91 bits per heavy atom. The van der Waals surface area contributed by atoms with Gasteiger partial charge in [0.15, 0.2) is 11.7 Å². The maximum absolute atomic E-state index is 12.3. The number of hydrogen-bond acceptors (Lipinski definition) is 6. The molecular formula is C16H17BrO6. The molecule has 1 aliphatic heterocycles. The molecule has 0 N–H and O–H groups in total. The van der Waals surface area contributed by atoms with Gasteiger partial charge < -0.3 is 18.9 Å². The Kier molecular flexibility index (Phi) is 2.06. The zero-order chi connectivity index (χ0) is 15.9. The number of rotatable bonds is 3. The van der Waals surface area contributed by atoms with E-state index in [4.69, 9.17) is 18.9 Å². The summed E-state index contributed by atoms with van der Waals surface area (Å²) in [4.78, 5) is 24.7. The van der Waals surface area contributed by atoms with Crippen molar-refractivity contribution in [3.63, 3.8) is 0 Å². The van der Waals surface area contributed by atoms with Crippen LogP contribution in [-0.4, -0.2) is 49.5 Å². The third kappa shape index (κ3) is 0.878. The molecule has 6 nitrogen and oxygen atoms in total. The number of alkyl halides is 1. The molecule has 0 amide bonds. The van der Waals surface area contributed by atoms with E-state index in [0.29, 0.717) is 48.7 Å². The Morgan fingerprint density at radius 1 is 0.957 bits per heavy atom. The number of carbonyl (C=O) groups is 2. The number of hydrogen-bond donors (Lipinski definition) is 0. The molecular weight excluding hydrogens is 368 g/mol. The average Bonchev–Trinajstić information content (AvgIpc) is 3.09. The zero-order valence-electron chi connectivity index (χ0n) is 12.8. The Hall–Kier alpha value is -0.660. The molecule has 7 fully saturated rings. The highest BCUT2D eigenvalue weighted by Crippen LogP contribution is 3.05. The summed E-state index contributed by atoms with van der Waals surface area (Å²) in [6, 6.07) is 0. The van der Waals surface area contributed by atoms with Crippen LogP contribution >= 0.6 is 15.9 Å². The van der Waals surface area contributed by atoms with E-state index >= 15 is 0 Å². The van der Waals surface area contributed by atoms with Gasteiger partial charge in [0.1, 0.15) is 0 Å². The van der Waals surface area contributed by atoms with Crippen molar-refractivity contribution in [3.05, 3.63) is 0 Å². The van der Waals surface area contributed by atoms with Crippen LogP contribution in [0.3, 0.4) is 0 Å². The van der Waals surface area contributed by atoms with Crippen molar-refractivity contribution in [2.45, 2.75) is 10.1 Å². The van der Waals surface area contributed by atoms with Gasteiger partial charge in [-0.05, 0) is 29.6 Å². The fraction of sp³-hybridized carbons (Fsp3) is 0.875. The minimum Gasteiger partial charge on any atom is -0.468 e. The van der Waals surface area contributed by atoms with Gasteiger partial charge in [0.2, 0.25) is 0 Å². The van der Waals surface area contributed by atoms with E-state index in [0.717, 1.165) is 0 Å². The molecule has 1 saturated heterocycles. The second kappa shape index (κ2) is 3.48. The fourth-order valence-electron chi connectivity index (χ4n) is 8.02. The molecule has 2 bridgehead atoms. The van der Waals surface area contributed by atoms with E-state index in [-0.39, 0.29) is 9.74 Å². The van der Waals surface area contributed by atoms with Crippen LogP contribution in [0.25, 0.3) is 0 Å². The first-order valence-corrected chi connectivity index (χ1v) is 8.95. The normalized spacial score (nSPS) is 57.2. The summed E-state index contributed by atoms with van der Waals surface area (Å²) in [6.07, 6.45) is 0. The summed E-state index contributed by atoms with van der Waals surface area (Å²) in [5, 5.41) is 0. The third-order valence-electron chi connectivity index (χ3n) is 8.09. The van der Waals surface area contributed by atoms with Crippen molar-refractivity contribution in [2.24, 2.45) is 46.8 Å². The van der Waals surface area contributed by atoms with Crippen LogP contribution in [0.2, 0.25) is 0 Å². The summed E-state index contributed by atoms with van der Waals surface area (Å²) in [5.41, 5.74) is -0.268. The first-order valence-electron chi connectivity index (χ1n) is 8.16. The molecule has 6 aliphatic carbocycles. The SMILES string of the molecule is COC(=O)C(C(=O)OC)C12C3C4C1C1C2C3C1(Br)C41OCCO1. The maximum atomic E-state index is 12.3. The van der Waals surface area contributed by atoms with Gasteiger partial charge in [-0.3, -0.25) is 9.59 Å². The zero-order valence-corrected chi connectivity index (χ0v) is 14.4. The van der Waals surface area contributed by atoms with E-state index in [2.05, 4.69) is 15.9 Å². The van der Waals surface area contributed by atoms with Gasteiger partial charge in [-0.1, -0.05) is 15.9 Å². The second-order valence-corrected chi connectivity index (χ2v) is 9.08. The first-order chi connectivity index (χ1) is 11.0. The number of halogens is 1. The van der Waals surface area contributed by atoms with Gasteiger partial charge in [0, 0.05) is 11.3 Å². The minimum atomic E-state index is -0.796. The van der Waals surface area contributed by atoms with Crippen LogP contribution in [0.15, 0.2) is 0 Å². The lowest BCUT2D eigenvalue weighted by Crippen LogP contribution is -2.94. The van der Waals surface area contributed by atoms with Crippen LogP contribution < -0.4 is 0 Å². The van der Waals surface area contributed by atoms with E-state index in [1.807, 2.05) is 0 Å². The lowest BCUT2D eigenvalue weighted by Gasteiger charge is -2.92. The molecule has 1 heterocycles. The summed E-state index contributed by atoms with van der Waals surface area (Å²) < 4.78 is 22.0. The highest BCUT2D eigenvalue weighted by molar-refractivity contribution is 9.10. The van der Waals surface area contributed by atoms with Crippen molar-refractivity contribution in [3.8, 4) is 0 Å². The Balaban J connectivity index is 1.44. The third-order valence-corrected chi connectivity index (χ3v) is 9.70. The van der Waals surface area contributed by atoms with Crippen molar-refractivity contribution in [1.82, 2.24) is 0 Å². The summed E-state index contributed by atoms with van der Waals surface area (Å²) >= 11 is 3.97. The Labute approximate surface area is 141 Å².